The molecule has 1 amide bonds. The fourth-order valence-corrected chi connectivity index (χ4v) is 4.15. The third kappa shape index (κ3) is 5.19. The van der Waals surface area contributed by atoms with Crippen LogP contribution >= 0.6 is 11.8 Å². The van der Waals surface area contributed by atoms with Crippen LogP contribution in [0, 0.1) is 10.1 Å². The summed E-state index contributed by atoms with van der Waals surface area (Å²) in [7, 11) is 0. The second-order valence-electron chi connectivity index (χ2n) is 9.72. The largest absolute Gasteiger partial charge is 0.507 e. The predicted octanol–water partition coefficient (Wildman–Crippen LogP) is 5.79. The van der Waals surface area contributed by atoms with E-state index >= 15 is 0 Å². The lowest BCUT2D eigenvalue weighted by molar-refractivity contribution is -0.384. The van der Waals surface area contributed by atoms with Gasteiger partial charge in [0, 0.05) is 23.3 Å². The van der Waals surface area contributed by atoms with Gasteiger partial charge >= 0.3 is 0 Å². The number of benzene rings is 2. The van der Waals surface area contributed by atoms with Crippen LogP contribution in [-0.2, 0) is 15.6 Å². The number of phenolic OH excluding ortho intramolecular Hbond substituents is 1. The summed E-state index contributed by atoms with van der Waals surface area (Å²) in [6.45, 7) is 12.2. The molecule has 0 radical (unpaired) electrons. The van der Waals surface area contributed by atoms with Gasteiger partial charge in [0.05, 0.1) is 15.5 Å². The second kappa shape index (κ2) is 8.43. The average molecular weight is 454 g/mol. The van der Waals surface area contributed by atoms with Crippen molar-refractivity contribution in [2.75, 3.05) is 0 Å². The summed E-state index contributed by atoms with van der Waals surface area (Å²) in [6.07, 6.45) is 1.78. The molecule has 1 aliphatic rings. The number of nitro groups is 1. The van der Waals surface area contributed by atoms with Gasteiger partial charge in [-0.15, -0.1) is 0 Å². The maximum atomic E-state index is 12.5. The van der Waals surface area contributed by atoms with E-state index in [4.69, 9.17) is 0 Å². The van der Waals surface area contributed by atoms with E-state index in [1.54, 1.807) is 18.2 Å². The number of hydrogen-bond donors (Lipinski definition) is 2. The quantitative estimate of drug-likeness (QED) is 0.348. The number of nitrogens with zero attached hydrogens (tertiary/aromatic N) is 2. The molecule has 1 fully saturated rings. The van der Waals surface area contributed by atoms with E-state index in [0.29, 0.717) is 15.8 Å². The Morgan fingerprint density at radius 1 is 1.06 bits per heavy atom. The summed E-state index contributed by atoms with van der Waals surface area (Å²) >= 11 is 1.17. The molecule has 1 heterocycles. The number of phenols is 1. The van der Waals surface area contributed by atoms with Crippen LogP contribution in [0.1, 0.15) is 58.2 Å². The smallest absolute Gasteiger partial charge is 0.271 e. The Labute approximate surface area is 191 Å². The number of amidine groups is 1. The molecule has 168 valence electrons. The van der Waals surface area contributed by atoms with Gasteiger partial charge in [-0.1, -0.05) is 47.6 Å². The summed E-state index contributed by atoms with van der Waals surface area (Å²) in [5, 5.41) is 24.9. The normalized spacial score (nSPS) is 17.1. The van der Waals surface area contributed by atoms with Crippen molar-refractivity contribution in [3.05, 3.63) is 68.1 Å². The number of non-ortho nitro benzene ring substituents is 1. The number of carbonyl (C=O) groups is 1. The number of nitro benzene ring substituents is 1. The van der Waals surface area contributed by atoms with E-state index in [9.17, 15) is 20.0 Å². The molecule has 0 aliphatic carbocycles. The summed E-state index contributed by atoms with van der Waals surface area (Å²) in [5.74, 6) is -0.00882. The number of aromatic hydroxyl groups is 1. The van der Waals surface area contributed by atoms with Gasteiger partial charge in [-0.3, -0.25) is 14.9 Å². The van der Waals surface area contributed by atoms with Crippen LogP contribution in [0.15, 0.2) is 46.3 Å². The number of amides is 1. The molecule has 1 saturated heterocycles. The highest BCUT2D eigenvalue weighted by molar-refractivity contribution is 8.18. The third-order valence-electron chi connectivity index (χ3n) is 4.97. The summed E-state index contributed by atoms with van der Waals surface area (Å²) < 4.78 is 0. The van der Waals surface area contributed by atoms with Crippen molar-refractivity contribution in [2.45, 2.75) is 52.4 Å². The van der Waals surface area contributed by atoms with Crippen molar-refractivity contribution < 1.29 is 14.8 Å². The minimum Gasteiger partial charge on any atom is -0.507 e. The van der Waals surface area contributed by atoms with E-state index in [-0.39, 0.29) is 28.2 Å². The Bertz CT molecular complexity index is 1120. The average Bonchev–Trinajstić information content (AvgIpc) is 3.00. The maximum absolute atomic E-state index is 12.5. The molecule has 2 N–H and O–H groups in total. The molecule has 7 nitrogen and oxygen atoms in total. The van der Waals surface area contributed by atoms with Crippen molar-refractivity contribution in [1.29, 1.82) is 0 Å². The lowest BCUT2D eigenvalue weighted by Crippen LogP contribution is -2.19. The van der Waals surface area contributed by atoms with E-state index in [2.05, 4.69) is 10.3 Å². The number of nitrogens with one attached hydrogen (secondary N) is 1. The SMILES string of the molecule is CC(C)(C)c1cc(/C=C2\SC(=Nc3cccc([N+](=O)[O-])c3)NC2=O)cc(C(C)(C)C)c1O. The van der Waals surface area contributed by atoms with E-state index in [1.165, 1.54) is 23.9 Å². The fraction of sp³-hybridized carbons (Fsp3) is 0.333. The Balaban J connectivity index is 1.99. The van der Waals surface area contributed by atoms with Gasteiger partial charge in [-0.2, -0.15) is 0 Å². The molecule has 0 unspecified atom stereocenters. The number of thioether (sulfide) groups is 1. The molecule has 0 atom stereocenters. The number of carbonyl (C=O) groups excluding carboxylic acids is 1. The van der Waals surface area contributed by atoms with Gasteiger partial charge in [0.25, 0.3) is 11.6 Å². The second-order valence-corrected chi connectivity index (χ2v) is 10.8. The highest BCUT2D eigenvalue weighted by Gasteiger charge is 2.28. The molecule has 0 bridgehead atoms. The van der Waals surface area contributed by atoms with Gasteiger partial charge in [0.2, 0.25) is 0 Å². The lowest BCUT2D eigenvalue weighted by atomic mass is 9.78. The lowest BCUT2D eigenvalue weighted by Gasteiger charge is -2.28. The van der Waals surface area contributed by atoms with Crippen molar-refractivity contribution >= 4 is 40.3 Å². The Morgan fingerprint density at radius 2 is 1.66 bits per heavy atom. The number of rotatable bonds is 3. The minimum atomic E-state index is -0.486. The summed E-state index contributed by atoms with van der Waals surface area (Å²) in [4.78, 5) is 27.8. The molecule has 3 rings (SSSR count). The standard InChI is InChI=1S/C24H27N3O4S/c1-23(2,3)17-10-14(11-18(20(17)28)24(4,5)6)12-19-21(29)26-22(32-19)25-15-8-7-9-16(13-15)27(30)31/h7-13,28H,1-6H3,(H,25,26,29)/b19-12-. The first-order valence-electron chi connectivity index (χ1n) is 10.2. The van der Waals surface area contributed by atoms with Crippen molar-refractivity contribution in [3.8, 4) is 5.75 Å². The molecule has 2 aromatic carbocycles. The van der Waals surface area contributed by atoms with Gasteiger partial charge in [0.1, 0.15) is 5.75 Å². The number of hydrogen-bond acceptors (Lipinski definition) is 6. The van der Waals surface area contributed by atoms with Crippen LogP contribution in [0.5, 0.6) is 5.75 Å². The van der Waals surface area contributed by atoms with Gasteiger partial charge in [0.15, 0.2) is 5.17 Å². The van der Waals surface area contributed by atoms with Crippen LogP contribution in [-0.4, -0.2) is 21.1 Å². The highest BCUT2D eigenvalue weighted by Crippen LogP contribution is 2.40. The van der Waals surface area contributed by atoms with Gasteiger partial charge in [-0.25, -0.2) is 4.99 Å². The molecule has 32 heavy (non-hydrogen) atoms. The Kier molecular flexibility index (Phi) is 6.20. The van der Waals surface area contributed by atoms with Crippen molar-refractivity contribution in [3.63, 3.8) is 0 Å². The van der Waals surface area contributed by atoms with Crippen LogP contribution < -0.4 is 5.32 Å². The molecular weight excluding hydrogens is 426 g/mol. The van der Waals surface area contributed by atoms with Gasteiger partial charge < -0.3 is 10.4 Å². The van der Waals surface area contributed by atoms with Crippen LogP contribution in [0.25, 0.3) is 6.08 Å². The summed E-state index contributed by atoms with van der Waals surface area (Å²) in [6, 6.07) is 9.74. The molecular formula is C24H27N3O4S. The zero-order chi connectivity index (χ0) is 23.8. The molecule has 1 aliphatic heterocycles. The first kappa shape index (κ1) is 23.5. The van der Waals surface area contributed by atoms with Crippen molar-refractivity contribution in [2.24, 2.45) is 4.99 Å². The maximum Gasteiger partial charge on any atom is 0.271 e. The Morgan fingerprint density at radius 3 is 2.19 bits per heavy atom. The third-order valence-corrected chi connectivity index (χ3v) is 5.88. The summed E-state index contributed by atoms with van der Waals surface area (Å²) in [5.41, 5.74) is 2.20. The zero-order valence-electron chi connectivity index (χ0n) is 19.0. The van der Waals surface area contributed by atoms with Gasteiger partial charge in [-0.05, 0) is 52.4 Å². The molecule has 0 saturated carbocycles. The molecule has 0 spiro atoms. The Hall–Kier alpha value is -3.13. The first-order chi connectivity index (χ1) is 14.8. The number of aliphatic imine (C=N–C) groups is 1. The van der Waals surface area contributed by atoms with Crippen LogP contribution in [0.3, 0.4) is 0 Å². The molecule has 8 heteroatoms. The first-order valence-corrected chi connectivity index (χ1v) is 11.0. The van der Waals surface area contributed by atoms with Crippen LogP contribution in [0.4, 0.5) is 11.4 Å². The van der Waals surface area contributed by atoms with Crippen molar-refractivity contribution in [1.82, 2.24) is 5.32 Å². The monoisotopic (exact) mass is 453 g/mol. The predicted molar refractivity (Wildman–Crippen MR) is 129 cm³/mol. The molecule has 0 aromatic heterocycles. The van der Waals surface area contributed by atoms with E-state index < -0.39 is 4.92 Å². The fourth-order valence-electron chi connectivity index (χ4n) is 3.31. The topological polar surface area (TPSA) is 105 Å². The van der Waals surface area contributed by atoms with Crippen LogP contribution in [0.2, 0.25) is 0 Å². The highest BCUT2D eigenvalue weighted by atomic mass is 32.2. The minimum absolute atomic E-state index is 0.0644. The van der Waals surface area contributed by atoms with E-state index in [0.717, 1.165) is 16.7 Å². The molecule has 2 aromatic rings. The van der Waals surface area contributed by atoms with E-state index in [1.807, 2.05) is 53.7 Å². The zero-order valence-corrected chi connectivity index (χ0v) is 19.8.